The first-order valence-corrected chi connectivity index (χ1v) is 12.9. The van der Waals surface area contributed by atoms with Crippen LogP contribution in [-0.2, 0) is 31.2 Å². The highest BCUT2D eigenvalue weighted by Crippen LogP contribution is 2.41. The zero-order valence-corrected chi connectivity index (χ0v) is 23.5. The van der Waals surface area contributed by atoms with Crippen LogP contribution in [-0.4, -0.2) is 43.1 Å². The van der Waals surface area contributed by atoms with Crippen molar-refractivity contribution in [2.24, 2.45) is 7.05 Å². The zero-order chi connectivity index (χ0) is 31.8. The second-order valence-corrected chi connectivity index (χ2v) is 9.71. The van der Waals surface area contributed by atoms with Gasteiger partial charge in [-0.1, -0.05) is 12.1 Å². The molecule has 2 aromatic heterocycles. The van der Waals surface area contributed by atoms with E-state index in [1.54, 1.807) is 12.1 Å². The molecule has 0 fully saturated rings. The van der Waals surface area contributed by atoms with E-state index in [1.165, 1.54) is 45.6 Å². The smallest absolute Gasteiger partial charge is 0.416 e. The molecule has 228 valence electrons. The zero-order valence-electron chi connectivity index (χ0n) is 23.5. The maximum atomic E-state index is 15.4. The number of carbonyl (C=O) groups is 2. The number of alkyl halides is 3. The van der Waals surface area contributed by atoms with Crippen LogP contribution in [0.4, 0.5) is 23.2 Å². The number of halogens is 4. The number of rotatable bonds is 9. The van der Waals surface area contributed by atoms with Crippen molar-refractivity contribution in [1.82, 2.24) is 24.3 Å². The number of nitrogens with one attached hydrogen (secondary N) is 2. The van der Waals surface area contributed by atoms with Crippen molar-refractivity contribution in [3.05, 3.63) is 88.1 Å². The van der Waals surface area contributed by atoms with Gasteiger partial charge in [-0.25, -0.2) is 14.2 Å². The Labute approximate surface area is 246 Å². The summed E-state index contributed by atoms with van der Waals surface area (Å²) in [5.74, 6) is -2.04. The quantitative estimate of drug-likeness (QED) is 0.182. The molecule has 5 rings (SSSR count). The van der Waals surface area contributed by atoms with Gasteiger partial charge in [0.05, 0.1) is 23.7 Å². The van der Waals surface area contributed by atoms with E-state index in [0.29, 0.717) is 11.4 Å². The highest BCUT2D eigenvalue weighted by Gasteiger charge is 2.33. The molecule has 44 heavy (non-hydrogen) atoms. The lowest BCUT2D eigenvalue weighted by atomic mass is 9.99. The summed E-state index contributed by atoms with van der Waals surface area (Å²) in [6.07, 6.45) is -3.61. The van der Waals surface area contributed by atoms with Gasteiger partial charge in [0, 0.05) is 23.9 Å². The van der Waals surface area contributed by atoms with E-state index in [2.05, 4.69) is 20.5 Å². The van der Waals surface area contributed by atoms with Crippen molar-refractivity contribution in [3.8, 4) is 22.6 Å². The van der Waals surface area contributed by atoms with Crippen LogP contribution in [0.15, 0.2) is 59.7 Å². The molecule has 2 heterocycles. The molecule has 0 saturated heterocycles. The average Bonchev–Trinajstić information content (AvgIpc) is 3.58. The number of H-pyrrole nitrogens is 1. The van der Waals surface area contributed by atoms with Crippen LogP contribution in [0.5, 0.6) is 11.5 Å². The topological polar surface area (TPSA) is 133 Å². The molecule has 3 aromatic carbocycles. The summed E-state index contributed by atoms with van der Waals surface area (Å²) in [6.45, 7) is 0.513. The van der Waals surface area contributed by atoms with E-state index in [4.69, 9.17) is 9.47 Å². The monoisotopic (exact) mass is 612 g/mol. The summed E-state index contributed by atoms with van der Waals surface area (Å²) in [5.41, 5.74) is -1.68. The Morgan fingerprint density at radius 3 is 2.55 bits per heavy atom. The number of fused-ring (bicyclic) bond motifs is 1. The summed E-state index contributed by atoms with van der Waals surface area (Å²) >= 11 is 0. The fraction of sp³-hybridized carbons (Fsp3) is 0.207. The molecule has 0 aliphatic heterocycles. The number of ether oxygens (including phenoxy) is 2. The summed E-state index contributed by atoms with van der Waals surface area (Å²) in [4.78, 5) is 41.8. The number of ketones is 1. The van der Waals surface area contributed by atoms with Crippen LogP contribution < -0.4 is 20.5 Å². The van der Waals surface area contributed by atoms with E-state index in [-0.39, 0.29) is 51.7 Å². The number of aromatic nitrogens is 5. The minimum Gasteiger partial charge on any atom is -0.493 e. The van der Waals surface area contributed by atoms with Crippen molar-refractivity contribution in [2.75, 3.05) is 12.4 Å². The van der Waals surface area contributed by atoms with Gasteiger partial charge in [-0.3, -0.25) is 23.8 Å². The Bertz CT molecular complexity index is 1950. The molecule has 2 N–H and O–H groups in total. The van der Waals surface area contributed by atoms with Crippen molar-refractivity contribution < 1.29 is 36.6 Å². The second kappa shape index (κ2) is 11.7. The van der Waals surface area contributed by atoms with Gasteiger partial charge < -0.3 is 14.8 Å². The number of amides is 1. The number of aryl methyl sites for hydroxylation is 1. The van der Waals surface area contributed by atoms with Crippen molar-refractivity contribution in [2.45, 2.75) is 26.3 Å². The number of methoxy groups -OCH3 is 1. The summed E-state index contributed by atoms with van der Waals surface area (Å²) in [6, 6.07) is 9.86. The Morgan fingerprint density at radius 2 is 1.89 bits per heavy atom. The molecule has 0 aliphatic rings. The fourth-order valence-corrected chi connectivity index (χ4v) is 4.71. The number of anilines is 1. The Hall–Kier alpha value is -5.47. The van der Waals surface area contributed by atoms with Gasteiger partial charge in [-0.15, -0.1) is 0 Å². The largest absolute Gasteiger partial charge is 0.493 e. The standard InChI is InChI=1S/C29H24F4N6O5/c1-15(40)16-5-4-6-19(7-16)36-25(41)12-39-22-11-18(29(31,32)33)10-20(26(22)38(2)28(39)42)17-8-21(30)27(23(9-17)43-3)44-13-24-34-14-35-37-24/h4-11,14H,12-13H2,1-3H3,(H,36,41)(H,34,35,37). The SMILES string of the molecule is COc1cc(-c2cc(C(F)(F)F)cc3c2n(C)c(=O)n3CC(=O)Nc2cccc(C(C)=O)c2)cc(F)c1OCc1ncn[nH]1. The van der Waals surface area contributed by atoms with E-state index < -0.39 is 35.7 Å². The molecule has 0 aliphatic carbocycles. The number of hydrogen-bond acceptors (Lipinski definition) is 7. The van der Waals surface area contributed by atoms with Gasteiger partial charge in [0.15, 0.2) is 28.9 Å². The predicted octanol–water partition coefficient (Wildman–Crippen LogP) is 4.71. The van der Waals surface area contributed by atoms with Crippen LogP contribution in [0.2, 0.25) is 0 Å². The lowest BCUT2D eigenvalue weighted by molar-refractivity contribution is -0.137. The van der Waals surface area contributed by atoms with E-state index >= 15 is 4.39 Å². The third-order valence-electron chi connectivity index (χ3n) is 6.77. The third-order valence-corrected chi connectivity index (χ3v) is 6.77. The Balaban J connectivity index is 1.59. The number of hydrogen-bond donors (Lipinski definition) is 2. The minimum atomic E-state index is -4.85. The van der Waals surface area contributed by atoms with Crippen LogP contribution in [0, 0.1) is 5.82 Å². The van der Waals surface area contributed by atoms with Gasteiger partial charge >= 0.3 is 11.9 Å². The minimum absolute atomic E-state index is 0.0196. The van der Waals surface area contributed by atoms with Crippen molar-refractivity contribution in [3.63, 3.8) is 0 Å². The molecule has 0 unspecified atom stereocenters. The number of aromatic amines is 1. The Morgan fingerprint density at radius 1 is 1.11 bits per heavy atom. The van der Waals surface area contributed by atoms with Crippen LogP contribution in [0.25, 0.3) is 22.2 Å². The lowest BCUT2D eigenvalue weighted by Gasteiger charge is -2.15. The molecule has 11 nitrogen and oxygen atoms in total. The van der Waals surface area contributed by atoms with Crippen molar-refractivity contribution >= 4 is 28.4 Å². The number of carbonyl (C=O) groups excluding carboxylic acids is 2. The van der Waals surface area contributed by atoms with Gasteiger partial charge in [-0.05, 0) is 48.9 Å². The molecule has 0 bridgehead atoms. The predicted molar refractivity (Wildman–Crippen MR) is 150 cm³/mol. The highest BCUT2D eigenvalue weighted by atomic mass is 19.4. The Kier molecular flexibility index (Phi) is 7.95. The molecule has 5 aromatic rings. The maximum absolute atomic E-state index is 15.4. The molecule has 0 spiro atoms. The molecule has 1 amide bonds. The maximum Gasteiger partial charge on any atom is 0.416 e. The van der Waals surface area contributed by atoms with Crippen LogP contribution in [0.3, 0.4) is 0 Å². The first-order chi connectivity index (χ1) is 20.9. The first-order valence-electron chi connectivity index (χ1n) is 12.9. The molecular formula is C29H24F4N6O5. The summed E-state index contributed by atoms with van der Waals surface area (Å²) in [7, 11) is 2.56. The van der Waals surface area contributed by atoms with Crippen LogP contribution in [0.1, 0.15) is 28.7 Å². The van der Waals surface area contributed by atoms with Crippen LogP contribution >= 0.6 is 0 Å². The van der Waals surface area contributed by atoms with E-state index in [0.717, 1.165) is 27.3 Å². The molecule has 0 atom stereocenters. The molecule has 15 heteroatoms. The normalized spacial score (nSPS) is 11.5. The molecule has 0 radical (unpaired) electrons. The fourth-order valence-electron chi connectivity index (χ4n) is 4.71. The highest BCUT2D eigenvalue weighted by molar-refractivity contribution is 5.98. The lowest BCUT2D eigenvalue weighted by Crippen LogP contribution is -2.28. The third kappa shape index (κ3) is 5.88. The average molecular weight is 613 g/mol. The van der Waals surface area contributed by atoms with E-state index in [1.807, 2.05) is 0 Å². The first kappa shape index (κ1) is 30.0. The molecular weight excluding hydrogens is 588 g/mol. The second-order valence-electron chi connectivity index (χ2n) is 9.71. The van der Waals surface area contributed by atoms with Gasteiger partial charge in [0.25, 0.3) is 0 Å². The van der Waals surface area contributed by atoms with Gasteiger partial charge in [0.2, 0.25) is 5.91 Å². The summed E-state index contributed by atoms with van der Waals surface area (Å²) < 4.78 is 70.4. The number of imidazole rings is 1. The van der Waals surface area contributed by atoms with Gasteiger partial charge in [-0.2, -0.15) is 18.3 Å². The van der Waals surface area contributed by atoms with Gasteiger partial charge in [0.1, 0.15) is 19.5 Å². The summed E-state index contributed by atoms with van der Waals surface area (Å²) in [5, 5.41) is 8.79. The van der Waals surface area contributed by atoms with E-state index in [9.17, 15) is 27.6 Å². The van der Waals surface area contributed by atoms with Crippen molar-refractivity contribution in [1.29, 1.82) is 0 Å². The number of benzene rings is 3. The number of nitrogens with zero attached hydrogens (tertiary/aromatic N) is 4. The molecule has 0 saturated carbocycles. The number of Topliss-reactive ketones (excluding diaryl/α,β-unsaturated/α-hetero) is 1.